The van der Waals surface area contributed by atoms with Gasteiger partial charge >= 0.3 is 0 Å². The van der Waals surface area contributed by atoms with Crippen molar-refractivity contribution in [1.29, 1.82) is 0 Å². The minimum absolute atomic E-state index is 0.551. The second-order valence-electron chi connectivity index (χ2n) is 3.64. The molecule has 0 aliphatic heterocycles. The topological polar surface area (TPSA) is 52.0 Å². The number of nitrogens with two attached hydrogens (primary N) is 1. The first-order chi connectivity index (χ1) is 7.70. The molecule has 0 saturated heterocycles. The van der Waals surface area contributed by atoms with E-state index in [-0.39, 0.29) is 0 Å². The van der Waals surface area contributed by atoms with Gasteiger partial charge in [-0.3, -0.25) is 0 Å². The molecule has 0 fully saturated rings. The summed E-state index contributed by atoms with van der Waals surface area (Å²) in [5.41, 5.74) is 7.67. The monoisotopic (exact) mass is 280 g/mol. The molecule has 0 atom stereocenters. The zero-order valence-corrected chi connectivity index (χ0v) is 10.6. The summed E-state index contributed by atoms with van der Waals surface area (Å²) in [6.45, 7) is 2.60. The van der Waals surface area contributed by atoms with E-state index in [4.69, 9.17) is 10.2 Å². The second kappa shape index (κ2) is 4.80. The van der Waals surface area contributed by atoms with Crippen LogP contribution in [0.2, 0.25) is 0 Å². The first-order valence-electron chi connectivity index (χ1n) is 5.12. The van der Waals surface area contributed by atoms with E-state index in [9.17, 15) is 0 Å². The van der Waals surface area contributed by atoms with E-state index in [1.807, 2.05) is 12.1 Å². The Hall–Kier alpha value is -1.13. The Balaban J connectivity index is 2.35. The minimum Gasteiger partial charge on any atom is -0.441 e. The largest absolute Gasteiger partial charge is 0.441 e. The molecule has 0 aliphatic rings. The molecule has 0 unspecified atom stereocenters. The third kappa shape index (κ3) is 2.33. The van der Waals surface area contributed by atoms with Gasteiger partial charge in [-0.15, -0.1) is 0 Å². The number of hydrogen-bond donors (Lipinski definition) is 1. The van der Waals surface area contributed by atoms with Crippen LogP contribution in [0.4, 0.5) is 0 Å². The molecular weight excluding hydrogens is 268 g/mol. The number of halogens is 1. The maximum absolute atomic E-state index is 5.61. The molecule has 0 bridgehead atoms. The maximum Gasteiger partial charge on any atom is 0.196 e. The van der Waals surface area contributed by atoms with Crippen LogP contribution >= 0.6 is 15.9 Å². The van der Waals surface area contributed by atoms with Crippen LogP contribution in [0.5, 0.6) is 0 Å². The Morgan fingerprint density at radius 2 is 2.25 bits per heavy atom. The molecule has 0 radical (unpaired) electrons. The summed E-state index contributed by atoms with van der Waals surface area (Å²) in [5, 5.41) is 0. The molecule has 1 heterocycles. The molecule has 0 aliphatic carbocycles. The number of oxazole rings is 1. The van der Waals surface area contributed by atoms with Crippen molar-refractivity contribution in [3.8, 4) is 11.3 Å². The lowest BCUT2D eigenvalue weighted by atomic mass is 10.1. The van der Waals surface area contributed by atoms with E-state index in [1.165, 1.54) is 5.56 Å². The van der Waals surface area contributed by atoms with Gasteiger partial charge in [-0.05, 0) is 24.6 Å². The molecule has 84 valence electrons. The van der Waals surface area contributed by atoms with Crippen LogP contribution in [0.3, 0.4) is 0 Å². The van der Waals surface area contributed by atoms with Crippen molar-refractivity contribution < 1.29 is 4.42 Å². The van der Waals surface area contributed by atoms with Crippen LogP contribution in [0.15, 0.2) is 33.3 Å². The Bertz CT molecular complexity index is 494. The van der Waals surface area contributed by atoms with Gasteiger partial charge in [-0.1, -0.05) is 22.0 Å². The van der Waals surface area contributed by atoms with Gasteiger partial charge in [-0.25, -0.2) is 4.98 Å². The van der Waals surface area contributed by atoms with Gasteiger partial charge in [0.25, 0.3) is 0 Å². The van der Waals surface area contributed by atoms with E-state index in [0.29, 0.717) is 18.9 Å². The number of hydrogen-bond acceptors (Lipinski definition) is 3. The Morgan fingerprint density at radius 1 is 1.44 bits per heavy atom. The fourth-order valence-corrected chi connectivity index (χ4v) is 2.18. The number of rotatable bonds is 3. The third-order valence-corrected chi connectivity index (χ3v) is 2.96. The van der Waals surface area contributed by atoms with E-state index < -0.39 is 0 Å². The van der Waals surface area contributed by atoms with Gasteiger partial charge in [-0.2, -0.15) is 0 Å². The smallest absolute Gasteiger partial charge is 0.196 e. The number of nitrogens with zero attached hydrogens (tertiary/aromatic N) is 1. The lowest BCUT2D eigenvalue weighted by Gasteiger charge is -2.01. The highest BCUT2D eigenvalue weighted by Gasteiger charge is 2.09. The SMILES string of the molecule is Cc1ccc(-c2cnc(CCN)o2)c(Br)c1. The molecule has 16 heavy (non-hydrogen) atoms. The first-order valence-corrected chi connectivity index (χ1v) is 5.91. The van der Waals surface area contributed by atoms with E-state index in [2.05, 4.69) is 33.9 Å². The predicted octanol–water partition coefficient (Wildman–Crippen LogP) is 2.91. The van der Waals surface area contributed by atoms with Crippen LogP contribution in [-0.4, -0.2) is 11.5 Å². The summed E-state index contributed by atoms with van der Waals surface area (Å²) in [6.07, 6.45) is 2.41. The average molecular weight is 281 g/mol. The second-order valence-corrected chi connectivity index (χ2v) is 4.49. The van der Waals surface area contributed by atoms with Crippen LogP contribution in [0.1, 0.15) is 11.5 Å². The van der Waals surface area contributed by atoms with Gasteiger partial charge in [0.15, 0.2) is 11.7 Å². The Labute approximate surface area is 103 Å². The molecule has 0 spiro atoms. The number of aromatic nitrogens is 1. The molecule has 0 saturated carbocycles. The van der Waals surface area contributed by atoms with Crippen molar-refractivity contribution in [1.82, 2.24) is 4.98 Å². The van der Waals surface area contributed by atoms with Crippen LogP contribution < -0.4 is 5.73 Å². The first kappa shape index (κ1) is 11.4. The van der Waals surface area contributed by atoms with Gasteiger partial charge in [0.1, 0.15) is 0 Å². The third-order valence-electron chi connectivity index (χ3n) is 2.30. The summed E-state index contributed by atoms with van der Waals surface area (Å²) in [6, 6.07) is 6.12. The molecule has 2 N–H and O–H groups in total. The summed E-state index contributed by atoms with van der Waals surface area (Å²) in [5.74, 6) is 1.46. The predicted molar refractivity (Wildman–Crippen MR) is 67.1 cm³/mol. The van der Waals surface area contributed by atoms with Gasteiger partial charge in [0, 0.05) is 23.0 Å². The normalized spacial score (nSPS) is 10.7. The quantitative estimate of drug-likeness (QED) is 0.941. The van der Waals surface area contributed by atoms with Gasteiger partial charge in [0.2, 0.25) is 0 Å². The minimum atomic E-state index is 0.551. The van der Waals surface area contributed by atoms with E-state index in [1.54, 1.807) is 6.20 Å². The summed E-state index contributed by atoms with van der Waals surface area (Å²) >= 11 is 3.52. The molecule has 1 aromatic heterocycles. The summed E-state index contributed by atoms with van der Waals surface area (Å²) in [7, 11) is 0. The molecule has 2 aromatic rings. The zero-order chi connectivity index (χ0) is 11.5. The lowest BCUT2D eigenvalue weighted by Crippen LogP contribution is -2.02. The summed E-state index contributed by atoms with van der Waals surface area (Å²) < 4.78 is 6.63. The Kier molecular flexibility index (Phi) is 3.41. The maximum atomic E-state index is 5.61. The van der Waals surface area contributed by atoms with Crippen LogP contribution in [0.25, 0.3) is 11.3 Å². The number of aryl methyl sites for hydroxylation is 1. The molecule has 3 nitrogen and oxygen atoms in total. The van der Waals surface area contributed by atoms with E-state index in [0.717, 1.165) is 15.8 Å². The van der Waals surface area contributed by atoms with Gasteiger partial charge < -0.3 is 10.2 Å². The standard InChI is InChI=1S/C12H13BrN2O/c1-8-2-3-9(10(13)6-8)11-7-15-12(16-11)4-5-14/h2-3,6-7H,4-5,14H2,1H3. The average Bonchev–Trinajstić information content (AvgIpc) is 2.67. The van der Waals surface area contributed by atoms with Gasteiger partial charge in [0.05, 0.1) is 6.20 Å². The highest BCUT2D eigenvalue weighted by atomic mass is 79.9. The van der Waals surface area contributed by atoms with Crippen molar-refractivity contribution in [2.75, 3.05) is 6.54 Å². The highest BCUT2D eigenvalue weighted by Crippen LogP contribution is 2.29. The fourth-order valence-electron chi connectivity index (χ4n) is 1.49. The van der Waals surface area contributed by atoms with Crippen molar-refractivity contribution in [2.45, 2.75) is 13.3 Å². The van der Waals surface area contributed by atoms with Crippen molar-refractivity contribution in [3.05, 3.63) is 40.3 Å². The Morgan fingerprint density at radius 3 is 2.94 bits per heavy atom. The van der Waals surface area contributed by atoms with Crippen molar-refractivity contribution in [3.63, 3.8) is 0 Å². The lowest BCUT2D eigenvalue weighted by molar-refractivity contribution is 0.508. The highest BCUT2D eigenvalue weighted by molar-refractivity contribution is 9.10. The molecule has 0 amide bonds. The van der Waals surface area contributed by atoms with Crippen LogP contribution in [-0.2, 0) is 6.42 Å². The van der Waals surface area contributed by atoms with Crippen molar-refractivity contribution >= 4 is 15.9 Å². The molecule has 1 aromatic carbocycles. The number of benzene rings is 1. The molecular formula is C12H13BrN2O. The zero-order valence-electron chi connectivity index (χ0n) is 9.03. The molecule has 4 heteroatoms. The van der Waals surface area contributed by atoms with Crippen molar-refractivity contribution in [2.24, 2.45) is 5.73 Å². The fraction of sp³-hybridized carbons (Fsp3) is 0.250. The summed E-state index contributed by atoms with van der Waals surface area (Å²) in [4.78, 5) is 4.18. The van der Waals surface area contributed by atoms with E-state index >= 15 is 0 Å². The molecule has 2 rings (SSSR count). The van der Waals surface area contributed by atoms with Crippen LogP contribution in [0, 0.1) is 6.92 Å².